The van der Waals surface area contributed by atoms with Crippen molar-refractivity contribution >= 4 is 27.5 Å². The zero-order chi connectivity index (χ0) is 13.0. The van der Waals surface area contributed by atoms with Crippen LogP contribution in [0.3, 0.4) is 0 Å². The van der Waals surface area contributed by atoms with Crippen LogP contribution in [0.15, 0.2) is 18.2 Å². The predicted molar refractivity (Wildman–Crippen MR) is 76.9 cm³/mol. The number of hydrogen-bond acceptors (Lipinski definition) is 1. The number of nitrogens with zero attached hydrogens (tertiary/aromatic N) is 1. The Labute approximate surface area is 112 Å². The minimum Gasteiger partial charge on any atom is -0.311 e. The molecule has 0 saturated heterocycles. The molecule has 0 N–H and O–H groups in total. The first-order valence-electron chi connectivity index (χ1n) is 6.04. The summed E-state index contributed by atoms with van der Waals surface area (Å²) in [5.74, 6) is 0.146. The molecule has 0 spiro atoms. The molecule has 17 heavy (non-hydrogen) atoms. The van der Waals surface area contributed by atoms with E-state index in [9.17, 15) is 4.79 Å². The molecule has 0 fully saturated rings. The molecule has 1 atom stereocenters. The van der Waals surface area contributed by atoms with Crippen molar-refractivity contribution in [3.05, 3.63) is 29.3 Å². The van der Waals surface area contributed by atoms with Gasteiger partial charge in [-0.25, -0.2) is 0 Å². The van der Waals surface area contributed by atoms with Crippen molar-refractivity contribution in [1.29, 1.82) is 0 Å². The molecule has 1 rings (SSSR count). The third-order valence-corrected chi connectivity index (χ3v) is 3.96. The Morgan fingerprint density at radius 3 is 2.24 bits per heavy atom. The fraction of sp³-hybridized carbons (Fsp3) is 0.500. The Kier molecular flexibility index (Phi) is 5.19. The molecule has 1 aromatic rings. The summed E-state index contributed by atoms with van der Waals surface area (Å²) in [6.45, 7) is 8.82. The summed E-state index contributed by atoms with van der Waals surface area (Å²) in [6, 6.07) is 6.12. The van der Waals surface area contributed by atoms with Gasteiger partial charge in [-0.2, -0.15) is 0 Å². The molecule has 0 saturated carbocycles. The van der Waals surface area contributed by atoms with Crippen LogP contribution in [0.2, 0.25) is 0 Å². The van der Waals surface area contributed by atoms with Gasteiger partial charge >= 0.3 is 0 Å². The third kappa shape index (κ3) is 3.09. The number of anilines is 1. The lowest BCUT2D eigenvalue weighted by molar-refractivity contribution is -0.118. The van der Waals surface area contributed by atoms with Gasteiger partial charge in [-0.1, -0.05) is 41.1 Å². The number of aryl methyl sites for hydroxylation is 2. The predicted octanol–water partition coefficient (Wildman–Crippen LogP) is 3.83. The summed E-state index contributed by atoms with van der Waals surface area (Å²) in [6.07, 6.45) is 0.806. The summed E-state index contributed by atoms with van der Waals surface area (Å²) >= 11 is 3.44. The molecular weight excluding hydrogens is 278 g/mol. The van der Waals surface area contributed by atoms with Crippen LogP contribution in [0.25, 0.3) is 0 Å². The topological polar surface area (TPSA) is 20.3 Å². The number of hydrogen-bond donors (Lipinski definition) is 0. The minimum absolute atomic E-state index is 0.0959. The first-order valence-corrected chi connectivity index (χ1v) is 6.96. The third-order valence-electron chi connectivity index (χ3n) is 2.92. The largest absolute Gasteiger partial charge is 0.311 e. The number of carbonyl (C=O) groups is 1. The highest BCUT2D eigenvalue weighted by atomic mass is 79.9. The average Bonchev–Trinajstić information content (AvgIpc) is 2.32. The first kappa shape index (κ1) is 14.2. The van der Waals surface area contributed by atoms with E-state index in [4.69, 9.17) is 0 Å². The summed E-state index contributed by atoms with van der Waals surface area (Å²) in [7, 11) is 0. The molecule has 0 heterocycles. The van der Waals surface area contributed by atoms with Gasteiger partial charge in [0.2, 0.25) is 5.91 Å². The van der Waals surface area contributed by atoms with Crippen molar-refractivity contribution in [3.8, 4) is 0 Å². The van der Waals surface area contributed by atoms with Crippen molar-refractivity contribution in [2.45, 2.75) is 38.9 Å². The van der Waals surface area contributed by atoms with Crippen LogP contribution in [0, 0.1) is 13.8 Å². The van der Waals surface area contributed by atoms with E-state index in [1.165, 1.54) is 0 Å². The Balaban J connectivity index is 3.14. The van der Waals surface area contributed by atoms with E-state index in [2.05, 4.69) is 15.9 Å². The molecule has 1 amide bonds. The van der Waals surface area contributed by atoms with Crippen LogP contribution >= 0.6 is 15.9 Å². The summed E-state index contributed by atoms with van der Waals surface area (Å²) in [5.41, 5.74) is 3.35. The molecular formula is C14H20BrNO. The lowest BCUT2D eigenvalue weighted by Crippen LogP contribution is -2.37. The van der Waals surface area contributed by atoms with Gasteiger partial charge in [0, 0.05) is 12.2 Å². The second-order valence-electron chi connectivity index (χ2n) is 4.20. The van der Waals surface area contributed by atoms with Crippen molar-refractivity contribution in [3.63, 3.8) is 0 Å². The van der Waals surface area contributed by atoms with Gasteiger partial charge in [0.15, 0.2) is 0 Å². The Bertz CT molecular complexity index is 383. The molecule has 3 heteroatoms. The second-order valence-corrected chi connectivity index (χ2v) is 5.30. The van der Waals surface area contributed by atoms with E-state index >= 15 is 0 Å². The SMILES string of the molecule is CC[C@H](Br)C(=O)N(CC)c1c(C)cccc1C. The van der Waals surface area contributed by atoms with Crippen LogP contribution in [-0.2, 0) is 4.79 Å². The maximum atomic E-state index is 12.3. The number of halogens is 1. The fourth-order valence-corrected chi connectivity index (χ4v) is 2.25. The fourth-order valence-electron chi connectivity index (χ4n) is 2.00. The molecule has 94 valence electrons. The maximum Gasteiger partial charge on any atom is 0.240 e. The second kappa shape index (κ2) is 6.20. The highest BCUT2D eigenvalue weighted by molar-refractivity contribution is 9.10. The lowest BCUT2D eigenvalue weighted by Gasteiger charge is -2.26. The highest BCUT2D eigenvalue weighted by Crippen LogP contribution is 2.26. The van der Waals surface area contributed by atoms with Gasteiger partial charge in [0.05, 0.1) is 4.83 Å². The zero-order valence-corrected chi connectivity index (χ0v) is 12.5. The van der Waals surface area contributed by atoms with E-state index in [0.717, 1.165) is 23.2 Å². The standard InChI is InChI=1S/C14H20BrNO/c1-5-12(15)14(17)16(6-2)13-10(3)8-7-9-11(13)4/h7-9,12H,5-6H2,1-4H3/t12-/m0/s1. The summed E-state index contributed by atoms with van der Waals surface area (Å²) < 4.78 is 0. The van der Waals surface area contributed by atoms with Gasteiger partial charge < -0.3 is 4.90 Å². The molecule has 0 aliphatic rings. The Morgan fingerprint density at radius 1 is 1.29 bits per heavy atom. The number of alkyl halides is 1. The zero-order valence-electron chi connectivity index (χ0n) is 11.0. The van der Waals surface area contributed by atoms with Gasteiger partial charge in [0.25, 0.3) is 0 Å². The number of carbonyl (C=O) groups excluding carboxylic acids is 1. The number of benzene rings is 1. The minimum atomic E-state index is -0.0959. The van der Waals surface area contributed by atoms with Crippen LogP contribution in [-0.4, -0.2) is 17.3 Å². The number of amides is 1. The average molecular weight is 298 g/mol. The lowest BCUT2D eigenvalue weighted by atomic mass is 10.1. The van der Waals surface area contributed by atoms with Gasteiger partial charge in [-0.05, 0) is 38.3 Å². The van der Waals surface area contributed by atoms with Crippen molar-refractivity contribution in [2.24, 2.45) is 0 Å². The molecule has 0 aromatic heterocycles. The molecule has 0 aliphatic carbocycles. The molecule has 0 unspecified atom stereocenters. The number of rotatable bonds is 4. The van der Waals surface area contributed by atoms with E-state index in [1.807, 2.05) is 50.8 Å². The van der Waals surface area contributed by atoms with Gasteiger partial charge in [-0.3, -0.25) is 4.79 Å². The van der Waals surface area contributed by atoms with E-state index in [0.29, 0.717) is 6.54 Å². The van der Waals surface area contributed by atoms with Crippen LogP contribution in [0.5, 0.6) is 0 Å². The van der Waals surface area contributed by atoms with Crippen LogP contribution in [0.1, 0.15) is 31.4 Å². The molecule has 0 radical (unpaired) electrons. The smallest absolute Gasteiger partial charge is 0.240 e. The molecule has 1 aromatic carbocycles. The number of para-hydroxylation sites is 1. The molecule has 0 aliphatic heterocycles. The summed E-state index contributed by atoms with van der Waals surface area (Å²) in [4.78, 5) is 14.1. The van der Waals surface area contributed by atoms with E-state index in [-0.39, 0.29) is 10.7 Å². The van der Waals surface area contributed by atoms with Gasteiger partial charge in [-0.15, -0.1) is 0 Å². The summed E-state index contributed by atoms with van der Waals surface area (Å²) in [5, 5.41) is 0. The van der Waals surface area contributed by atoms with Crippen molar-refractivity contribution < 1.29 is 4.79 Å². The first-order chi connectivity index (χ1) is 8.02. The van der Waals surface area contributed by atoms with Crippen molar-refractivity contribution in [1.82, 2.24) is 0 Å². The van der Waals surface area contributed by atoms with E-state index in [1.54, 1.807) is 0 Å². The quantitative estimate of drug-likeness (QED) is 0.774. The highest BCUT2D eigenvalue weighted by Gasteiger charge is 2.22. The van der Waals surface area contributed by atoms with Gasteiger partial charge in [0.1, 0.15) is 0 Å². The van der Waals surface area contributed by atoms with Crippen molar-refractivity contribution in [2.75, 3.05) is 11.4 Å². The maximum absolute atomic E-state index is 12.3. The Morgan fingerprint density at radius 2 is 1.82 bits per heavy atom. The normalized spacial score (nSPS) is 12.3. The van der Waals surface area contributed by atoms with E-state index < -0.39 is 0 Å². The van der Waals surface area contributed by atoms with Crippen LogP contribution < -0.4 is 4.90 Å². The Hall–Kier alpha value is -0.830. The van der Waals surface area contributed by atoms with Crippen LogP contribution in [0.4, 0.5) is 5.69 Å². The monoisotopic (exact) mass is 297 g/mol. The molecule has 2 nitrogen and oxygen atoms in total. The molecule has 0 bridgehead atoms.